The van der Waals surface area contributed by atoms with Crippen molar-refractivity contribution in [3.8, 4) is 5.75 Å². The van der Waals surface area contributed by atoms with Crippen LogP contribution in [0.15, 0.2) is 65.5 Å². The Kier molecular flexibility index (Phi) is 3.43. The van der Waals surface area contributed by atoms with Crippen LogP contribution >= 0.6 is 11.6 Å². The second-order valence-corrected chi connectivity index (χ2v) is 7.57. The van der Waals surface area contributed by atoms with Crippen LogP contribution in [0.1, 0.15) is 11.4 Å². The first-order valence-corrected chi connectivity index (χ1v) is 9.68. The predicted molar refractivity (Wildman–Crippen MR) is 114 cm³/mol. The molecule has 1 aliphatic heterocycles. The molecule has 0 amide bonds. The molecule has 0 unspecified atom stereocenters. The summed E-state index contributed by atoms with van der Waals surface area (Å²) in [6.07, 6.45) is 0. The Morgan fingerprint density at radius 2 is 1.62 bits per heavy atom. The van der Waals surface area contributed by atoms with Crippen molar-refractivity contribution in [3.05, 3.63) is 87.4 Å². The number of benzene rings is 3. The average molecular weight is 400 g/mol. The molecule has 140 valence electrons. The van der Waals surface area contributed by atoms with Gasteiger partial charge in [0.25, 0.3) is 5.56 Å². The first kappa shape index (κ1) is 16.5. The molecule has 5 nitrogen and oxygen atoms in total. The van der Waals surface area contributed by atoms with Crippen LogP contribution in [-0.2, 0) is 13.2 Å². The van der Waals surface area contributed by atoms with Crippen molar-refractivity contribution in [2.24, 2.45) is 0 Å². The first-order chi connectivity index (χ1) is 14.2. The number of pyridine rings is 1. The highest BCUT2D eigenvalue weighted by molar-refractivity contribution is 6.35. The summed E-state index contributed by atoms with van der Waals surface area (Å²) >= 11 is 6.36. The van der Waals surface area contributed by atoms with Crippen molar-refractivity contribution >= 4 is 44.3 Å². The third-order valence-corrected chi connectivity index (χ3v) is 5.74. The molecule has 29 heavy (non-hydrogen) atoms. The number of aromatic nitrogens is 3. The van der Waals surface area contributed by atoms with Crippen LogP contribution in [0.25, 0.3) is 32.7 Å². The predicted octanol–water partition coefficient (Wildman–Crippen LogP) is 4.69. The highest BCUT2D eigenvalue weighted by atomic mass is 35.5. The minimum atomic E-state index is -0.127. The smallest absolute Gasteiger partial charge is 0.251 e. The van der Waals surface area contributed by atoms with Gasteiger partial charge in [0.15, 0.2) is 0 Å². The number of hydrogen-bond acceptors (Lipinski definition) is 4. The van der Waals surface area contributed by atoms with Gasteiger partial charge in [-0.2, -0.15) is 0 Å². The molecule has 0 bridgehead atoms. The molecule has 2 aromatic heterocycles. The molecule has 3 heterocycles. The highest BCUT2D eigenvalue weighted by Crippen LogP contribution is 2.33. The number of halogens is 1. The van der Waals surface area contributed by atoms with Gasteiger partial charge in [0.05, 0.1) is 33.8 Å². The van der Waals surface area contributed by atoms with E-state index in [1.807, 2.05) is 24.3 Å². The Morgan fingerprint density at radius 1 is 0.897 bits per heavy atom. The van der Waals surface area contributed by atoms with Gasteiger partial charge in [-0.3, -0.25) is 9.36 Å². The second-order valence-electron chi connectivity index (χ2n) is 7.16. The number of hydrogen-bond donors (Lipinski definition) is 0. The summed E-state index contributed by atoms with van der Waals surface area (Å²) in [6.45, 7) is 0.600. The molecule has 0 aliphatic carbocycles. The third kappa shape index (κ3) is 2.51. The fraction of sp³-hybridized carbons (Fsp3) is 0.0870. The van der Waals surface area contributed by atoms with Crippen LogP contribution in [0.2, 0.25) is 5.02 Å². The number of rotatable bonds is 0. The Balaban J connectivity index is 1.63. The quantitative estimate of drug-likeness (QED) is 0.354. The monoisotopic (exact) mass is 399 g/mol. The van der Waals surface area contributed by atoms with Gasteiger partial charge in [-0.05, 0) is 41.1 Å². The lowest BCUT2D eigenvalue weighted by molar-refractivity contribution is 0.298. The van der Waals surface area contributed by atoms with E-state index in [-0.39, 0.29) is 12.2 Å². The summed E-state index contributed by atoms with van der Waals surface area (Å²) in [5.74, 6) is 0.619. The maximum absolute atomic E-state index is 12.7. The SMILES string of the molecule is O=c1ccc2c(Cl)ccc3c2n1Cc1nc2cc4ccccc4cc2nc1CO3. The average Bonchev–Trinajstić information content (AvgIpc) is 2.72. The van der Waals surface area contributed by atoms with E-state index in [0.717, 1.165) is 38.6 Å². The lowest BCUT2D eigenvalue weighted by atomic mass is 10.1. The number of nitrogens with zero attached hydrogens (tertiary/aromatic N) is 3. The summed E-state index contributed by atoms with van der Waals surface area (Å²) in [4.78, 5) is 22.4. The van der Waals surface area contributed by atoms with E-state index in [1.54, 1.807) is 22.8 Å². The van der Waals surface area contributed by atoms with Crippen LogP contribution in [0.3, 0.4) is 0 Å². The fourth-order valence-corrected chi connectivity index (χ4v) is 4.20. The number of fused-ring (bicyclic) bond motifs is 3. The van der Waals surface area contributed by atoms with Crippen LogP contribution in [0.4, 0.5) is 0 Å². The Morgan fingerprint density at radius 3 is 2.38 bits per heavy atom. The van der Waals surface area contributed by atoms with Gasteiger partial charge < -0.3 is 4.74 Å². The van der Waals surface area contributed by atoms with Gasteiger partial charge >= 0.3 is 0 Å². The largest absolute Gasteiger partial charge is 0.485 e. The molecular formula is C23H14ClN3O2. The molecular weight excluding hydrogens is 386 g/mol. The molecule has 6 heteroatoms. The van der Waals surface area contributed by atoms with Crippen molar-refractivity contribution in [2.45, 2.75) is 13.2 Å². The molecule has 0 radical (unpaired) electrons. The van der Waals surface area contributed by atoms with Crippen LogP contribution in [0, 0.1) is 0 Å². The molecule has 0 atom stereocenters. The maximum Gasteiger partial charge on any atom is 0.251 e. The van der Waals surface area contributed by atoms with Gasteiger partial charge in [-0.1, -0.05) is 35.9 Å². The van der Waals surface area contributed by atoms with Gasteiger partial charge in [0.1, 0.15) is 18.1 Å². The molecule has 5 aromatic rings. The van der Waals surface area contributed by atoms with Crippen molar-refractivity contribution < 1.29 is 4.74 Å². The van der Waals surface area contributed by atoms with Crippen molar-refractivity contribution in [1.29, 1.82) is 0 Å². The first-order valence-electron chi connectivity index (χ1n) is 9.30. The van der Waals surface area contributed by atoms with E-state index in [1.165, 1.54) is 6.07 Å². The third-order valence-electron chi connectivity index (χ3n) is 5.41. The lowest BCUT2D eigenvalue weighted by Crippen LogP contribution is -2.24. The van der Waals surface area contributed by atoms with E-state index in [2.05, 4.69) is 12.1 Å². The van der Waals surface area contributed by atoms with Gasteiger partial charge in [-0.25, -0.2) is 9.97 Å². The van der Waals surface area contributed by atoms with E-state index in [0.29, 0.717) is 22.8 Å². The van der Waals surface area contributed by atoms with Crippen LogP contribution < -0.4 is 10.3 Å². The topological polar surface area (TPSA) is 57.0 Å². The summed E-state index contributed by atoms with van der Waals surface area (Å²) in [5, 5.41) is 3.58. The van der Waals surface area contributed by atoms with Crippen LogP contribution in [-0.4, -0.2) is 14.5 Å². The van der Waals surface area contributed by atoms with E-state index in [4.69, 9.17) is 26.3 Å². The molecule has 0 N–H and O–H groups in total. The number of ether oxygens (including phenoxy) is 1. The molecule has 0 saturated heterocycles. The summed E-state index contributed by atoms with van der Waals surface area (Å²) in [7, 11) is 0. The minimum absolute atomic E-state index is 0.127. The molecule has 0 fully saturated rings. The summed E-state index contributed by atoms with van der Waals surface area (Å²) < 4.78 is 7.72. The zero-order chi connectivity index (χ0) is 19.5. The van der Waals surface area contributed by atoms with Crippen molar-refractivity contribution in [1.82, 2.24) is 14.5 Å². The zero-order valence-corrected chi connectivity index (χ0v) is 16.0. The standard InChI is InChI=1S/C23H14ClN3O2/c24-16-6-7-21-23-15(16)5-8-22(28)27(23)11-19-20(12-29-21)26-18-10-14-4-2-1-3-13(14)9-17(18)25-19/h1-10H,11-12H2. The molecule has 6 rings (SSSR count). The van der Waals surface area contributed by atoms with Crippen LogP contribution in [0.5, 0.6) is 5.75 Å². The maximum atomic E-state index is 12.7. The van der Waals surface area contributed by atoms with Crippen molar-refractivity contribution in [2.75, 3.05) is 0 Å². The molecule has 1 aliphatic rings. The second kappa shape index (κ2) is 6.03. The Labute approximate surface area is 170 Å². The normalized spacial score (nSPS) is 13.1. The van der Waals surface area contributed by atoms with Gasteiger partial charge in [-0.15, -0.1) is 0 Å². The lowest BCUT2D eigenvalue weighted by Gasteiger charge is -2.20. The fourth-order valence-electron chi connectivity index (χ4n) is 3.98. The Bertz CT molecular complexity index is 1520. The zero-order valence-electron chi connectivity index (χ0n) is 15.2. The Hall–Kier alpha value is -3.44. The van der Waals surface area contributed by atoms with Gasteiger partial charge in [0.2, 0.25) is 0 Å². The summed E-state index contributed by atoms with van der Waals surface area (Å²) in [5.41, 5.74) is 3.64. The van der Waals surface area contributed by atoms with Crippen molar-refractivity contribution in [3.63, 3.8) is 0 Å². The summed E-state index contributed by atoms with van der Waals surface area (Å²) in [6, 6.07) is 19.1. The molecule has 0 spiro atoms. The highest BCUT2D eigenvalue weighted by Gasteiger charge is 2.19. The molecule has 0 saturated carbocycles. The molecule has 3 aromatic carbocycles. The van der Waals surface area contributed by atoms with E-state index in [9.17, 15) is 4.79 Å². The van der Waals surface area contributed by atoms with Gasteiger partial charge in [0, 0.05) is 11.5 Å². The van der Waals surface area contributed by atoms with E-state index < -0.39 is 0 Å². The minimum Gasteiger partial charge on any atom is -0.485 e. The van der Waals surface area contributed by atoms with E-state index >= 15 is 0 Å².